The van der Waals surface area contributed by atoms with E-state index in [0.29, 0.717) is 5.92 Å². The molecule has 1 saturated carbocycles. The van der Waals surface area contributed by atoms with Crippen molar-refractivity contribution in [1.82, 2.24) is 10.3 Å². The molecule has 0 aromatic carbocycles. The number of halogens is 1. The molecule has 1 fully saturated rings. The Kier molecular flexibility index (Phi) is 5.12. The second-order valence-electron chi connectivity index (χ2n) is 5.18. The van der Waals surface area contributed by atoms with Gasteiger partial charge in [0.25, 0.3) is 0 Å². The molecule has 0 amide bonds. The molecule has 1 N–H and O–H groups in total. The zero-order chi connectivity index (χ0) is 12.8. The first-order chi connectivity index (χ1) is 8.83. The largest absolute Gasteiger partial charge is 0.310 e. The molecule has 1 aromatic rings. The SMILES string of the molecule is CCNC(c1ccncc1F)C1CCCCCC1. The minimum atomic E-state index is -0.173. The molecule has 0 spiro atoms. The molecule has 1 atom stereocenters. The fraction of sp³-hybridized carbons (Fsp3) is 0.667. The minimum absolute atomic E-state index is 0.149. The second kappa shape index (κ2) is 6.83. The molecule has 1 heterocycles. The van der Waals surface area contributed by atoms with Crippen molar-refractivity contribution < 1.29 is 4.39 Å². The molecule has 0 bridgehead atoms. The highest BCUT2D eigenvalue weighted by Crippen LogP contribution is 2.34. The molecule has 3 heteroatoms. The van der Waals surface area contributed by atoms with Crippen LogP contribution in [0.15, 0.2) is 18.5 Å². The first-order valence-corrected chi connectivity index (χ1v) is 7.15. The fourth-order valence-corrected chi connectivity index (χ4v) is 3.03. The van der Waals surface area contributed by atoms with Gasteiger partial charge < -0.3 is 5.32 Å². The maximum Gasteiger partial charge on any atom is 0.146 e. The molecular weight excluding hydrogens is 227 g/mol. The molecule has 0 aliphatic heterocycles. The predicted octanol–water partition coefficient (Wildman–Crippen LogP) is 3.84. The summed E-state index contributed by atoms with van der Waals surface area (Å²) in [5.41, 5.74) is 0.791. The Morgan fingerprint density at radius 1 is 1.33 bits per heavy atom. The van der Waals surface area contributed by atoms with E-state index in [1.807, 2.05) is 6.07 Å². The summed E-state index contributed by atoms with van der Waals surface area (Å²) < 4.78 is 13.9. The van der Waals surface area contributed by atoms with Gasteiger partial charge >= 0.3 is 0 Å². The van der Waals surface area contributed by atoms with Crippen LogP contribution >= 0.6 is 0 Å². The van der Waals surface area contributed by atoms with E-state index in [0.717, 1.165) is 12.1 Å². The quantitative estimate of drug-likeness (QED) is 0.821. The van der Waals surface area contributed by atoms with Crippen LogP contribution in [0.5, 0.6) is 0 Å². The van der Waals surface area contributed by atoms with Crippen LogP contribution in [0.2, 0.25) is 0 Å². The highest BCUT2D eigenvalue weighted by atomic mass is 19.1. The van der Waals surface area contributed by atoms with Crippen LogP contribution in [0.3, 0.4) is 0 Å². The van der Waals surface area contributed by atoms with Gasteiger partial charge in [-0.25, -0.2) is 4.39 Å². The van der Waals surface area contributed by atoms with Gasteiger partial charge in [-0.1, -0.05) is 32.6 Å². The Hall–Kier alpha value is -0.960. The summed E-state index contributed by atoms with van der Waals surface area (Å²) in [6, 6.07) is 1.98. The van der Waals surface area contributed by atoms with E-state index < -0.39 is 0 Å². The third kappa shape index (κ3) is 3.29. The summed E-state index contributed by atoms with van der Waals surface area (Å²) in [4.78, 5) is 3.85. The van der Waals surface area contributed by atoms with E-state index in [4.69, 9.17) is 0 Å². The smallest absolute Gasteiger partial charge is 0.146 e. The van der Waals surface area contributed by atoms with Crippen LogP contribution in [-0.2, 0) is 0 Å². The van der Waals surface area contributed by atoms with Gasteiger partial charge in [0.1, 0.15) is 5.82 Å². The van der Waals surface area contributed by atoms with E-state index in [9.17, 15) is 4.39 Å². The lowest BCUT2D eigenvalue weighted by atomic mass is 9.87. The third-order valence-electron chi connectivity index (χ3n) is 3.93. The van der Waals surface area contributed by atoms with Crippen molar-refractivity contribution in [2.24, 2.45) is 5.92 Å². The van der Waals surface area contributed by atoms with Crippen LogP contribution in [0, 0.1) is 11.7 Å². The summed E-state index contributed by atoms with van der Waals surface area (Å²) in [6.45, 7) is 2.96. The maximum atomic E-state index is 13.9. The lowest BCUT2D eigenvalue weighted by Crippen LogP contribution is -2.29. The normalized spacial score (nSPS) is 19.4. The monoisotopic (exact) mass is 250 g/mol. The molecular formula is C15H23FN2. The van der Waals surface area contributed by atoms with Gasteiger partial charge in [-0.05, 0) is 31.4 Å². The molecule has 1 aliphatic carbocycles. The van der Waals surface area contributed by atoms with Crippen LogP contribution in [0.4, 0.5) is 4.39 Å². The molecule has 2 rings (SSSR count). The fourth-order valence-electron chi connectivity index (χ4n) is 3.03. The zero-order valence-electron chi connectivity index (χ0n) is 11.2. The van der Waals surface area contributed by atoms with Crippen molar-refractivity contribution in [2.75, 3.05) is 6.54 Å². The summed E-state index contributed by atoms with van der Waals surface area (Å²) in [7, 11) is 0. The van der Waals surface area contributed by atoms with Crippen LogP contribution in [-0.4, -0.2) is 11.5 Å². The van der Waals surface area contributed by atoms with Crippen molar-refractivity contribution in [3.8, 4) is 0 Å². The van der Waals surface area contributed by atoms with Gasteiger partial charge in [0.2, 0.25) is 0 Å². The van der Waals surface area contributed by atoms with Crippen molar-refractivity contribution in [3.05, 3.63) is 29.8 Å². The number of nitrogens with one attached hydrogen (secondary N) is 1. The number of pyridine rings is 1. The lowest BCUT2D eigenvalue weighted by Gasteiger charge is -2.27. The minimum Gasteiger partial charge on any atom is -0.310 e. The topological polar surface area (TPSA) is 24.9 Å². The van der Waals surface area contributed by atoms with Crippen molar-refractivity contribution in [2.45, 2.75) is 51.5 Å². The van der Waals surface area contributed by atoms with Crippen LogP contribution < -0.4 is 5.32 Å². The maximum absolute atomic E-state index is 13.9. The van der Waals surface area contributed by atoms with E-state index in [1.54, 1.807) is 6.20 Å². The molecule has 0 saturated heterocycles. The number of hydrogen-bond donors (Lipinski definition) is 1. The second-order valence-corrected chi connectivity index (χ2v) is 5.18. The van der Waals surface area contributed by atoms with E-state index in [1.165, 1.54) is 44.7 Å². The van der Waals surface area contributed by atoms with Gasteiger partial charge in [0, 0.05) is 17.8 Å². The van der Waals surface area contributed by atoms with Gasteiger partial charge in [-0.2, -0.15) is 0 Å². The van der Waals surface area contributed by atoms with Gasteiger partial charge in [0.05, 0.1) is 6.20 Å². The summed E-state index contributed by atoms with van der Waals surface area (Å²) in [5.74, 6) is 0.386. The Balaban J connectivity index is 2.18. The lowest BCUT2D eigenvalue weighted by molar-refractivity contribution is 0.322. The predicted molar refractivity (Wildman–Crippen MR) is 71.8 cm³/mol. The highest BCUT2D eigenvalue weighted by molar-refractivity contribution is 5.18. The van der Waals surface area contributed by atoms with Crippen LogP contribution in [0.1, 0.15) is 57.1 Å². The first kappa shape index (κ1) is 13.5. The molecule has 0 radical (unpaired) electrons. The summed E-state index contributed by atoms with van der Waals surface area (Å²) >= 11 is 0. The van der Waals surface area contributed by atoms with E-state index >= 15 is 0 Å². The van der Waals surface area contributed by atoms with Crippen LogP contribution in [0.25, 0.3) is 0 Å². The summed E-state index contributed by atoms with van der Waals surface area (Å²) in [6.07, 6.45) is 10.6. The van der Waals surface area contributed by atoms with Crippen molar-refractivity contribution in [3.63, 3.8) is 0 Å². The number of rotatable bonds is 4. The Morgan fingerprint density at radius 2 is 2.06 bits per heavy atom. The zero-order valence-corrected chi connectivity index (χ0v) is 11.2. The van der Waals surface area contributed by atoms with Gasteiger partial charge in [-0.15, -0.1) is 0 Å². The number of nitrogens with zero attached hydrogens (tertiary/aromatic N) is 1. The molecule has 1 aromatic heterocycles. The van der Waals surface area contributed by atoms with Gasteiger partial charge in [-0.3, -0.25) is 4.98 Å². The standard InChI is InChI=1S/C15H23FN2/c1-2-18-15(12-7-5-3-4-6-8-12)13-9-10-17-11-14(13)16/h9-12,15,18H,2-8H2,1H3. The molecule has 18 heavy (non-hydrogen) atoms. The molecule has 2 nitrogen and oxygen atoms in total. The Morgan fingerprint density at radius 3 is 2.67 bits per heavy atom. The Labute approximate surface area is 109 Å². The molecule has 1 aliphatic rings. The first-order valence-electron chi connectivity index (χ1n) is 7.15. The molecule has 100 valence electrons. The van der Waals surface area contributed by atoms with Crippen molar-refractivity contribution in [1.29, 1.82) is 0 Å². The van der Waals surface area contributed by atoms with Crippen molar-refractivity contribution >= 4 is 0 Å². The third-order valence-corrected chi connectivity index (χ3v) is 3.93. The number of hydrogen-bond acceptors (Lipinski definition) is 2. The average molecular weight is 250 g/mol. The van der Waals surface area contributed by atoms with E-state index in [-0.39, 0.29) is 11.9 Å². The molecule has 1 unspecified atom stereocenters. The average Bonchev–Trinajstić information content (AvgIpc) is 2.66. The highest BCUT2D eigenvalue weighted by Gasteiger charge is 2.25. The number of aromatic nitrogens is 1. The van der Waals surface area contributed by atoms with Gasteiger partial charge in [0.15, 0.2) is 0 Å². The Bertz CT molecular complexity index is 359. The summed E-state index contributed by atoms with van der Waals surface area (Å²) in [5, 5.41) is 3.47. The van der Waals surface area contributed by atoms with E-state index in [2.05, 4.69) is 17.2 Å².